The van der Waals surface area contributed by atoms with Crippen molar-refractivity contribution >= 4 is 5.97 Å². The van der Waals surface area contributed by atoms with Crippen LogP contribution in [0.1, 0.15) is 96.8 Å². The van der Waals surface area contributed by atoms with E-state index in [1.807, 2.05) is 6.92 Å². The number of hydrogen-bond donors (Lipinski definition) is 0. The average Bonchev–Trinajstić information content (AvgIpc) is 2.86. The molecule has 0 amide bonds. The van der Waals surface area contributed by atoms with Gasteiger partial charge in [-0.2, -0.15) is 0 Å². The van der Waals surface area contributed by atoms with Gasteiger partial charge in [-0.3, -0.25) is 4.79 Å². The summed E-state index contributed by atoms with van der Waals surface area (Å²) in [7, 11) is 0. The van der Waals surface area contributed by atoms with E-state index in [0.29, 0.717) is 51.7 Å². The van der Waals surface area contributed by atoms with E-state index in [4.69, 9.17) is 18.9 Å². The summed E-state index contributed by atoms with van der Waals surface area (Å²) in [6.07, 6.45) is 19.0. The van der Waals surface area contributed by atoms with Gasteiger partial charge < -0.3 is 18.9 Å². The van der Waals surface area contributed by atoms with Gasteiger partial charge in [0.2, 0.25) is 0 Å². The molecule has 0 aromatic carbocycles. The molecule has 5 nitrogen and oxygen atoms in total. The van der Waals surface area contributed by atoms with Crippen molar-refractivity contribution < 1.29 is 23.7 Å². The first-order valence-corrected chi connectivity index (χ1v) is 13.7. The Balaban J connectivity index is 1.09. The Morgan fingerprint density at radius 1 is 0.656 bits per heavy atom. The Bertz CT molecular complexity index is 490. The highest BCUT2D eigenvalue weighted by Crippen LogP contribution is 2.38. The molecule has 0 bridgehead atoms. The van der Waals surface area contributed by atoms with Gasteiger partial charge >= 0.3 is 5.97 Å². The van der Waals surface area contributed by atoms with Gasteiger partial charge in [-0.15, -0.1) is 0 Å². The maximum Gasteiger partial charge on any atom is 0.309 e. The predicted molar refractivity (Wildman–Crippen MR) is 127 cm³/mol. The van der Waals surface area contributed by atoms with E-state index in [9.17, 15) is 4.79 Å². The van der Waals surface area contributed by atoms with Crippen molar-refractivity contribution in [2.45, 2.75) is 103 Å². The third-order valence-electron chi connectivity index (χ3n) is 8.19. The van der Waals surface area contributed by atoms with Crippen molar-refractivity contribution in [3.63, 3.8) is 0 Å². The molecule has 3 aliphatic rings. The summed E-state index contributed by atoms with van der Waals surface area (Å²) in [6, 6.07) is 0. The Labute approximate surface area is 196 Å². The van der Waals surface area contributed by atoms with Gasteiger partial charge in [-0.1, -0.05) is 58.3 Å². The van der Waals surface area contributed by atoms with Crippen LogP contribution in [0.5, 0.6) is 0 Å². The van der Waals surface area contributed by atoms with E-state index < -0.39 is 0 Å². The Morgan fingerprint density at radius 3 is 1.84 bits per heavy atom. The second-order valence-electron chi connectivity index (χ2n) is 10.4. The van der Waals surface area contributed by atoms with Crippen molar-refractivity contribution in [2.24, 2.45) is 23.7 Å². The molecule has 0 aliphatic heterocycles. The van der Waals surface area contributed by atoms with Gasteiger partial charge in [0.15, 0.2) is 0 Å². The third kappa shape index (κ3) is 9.30. The summed E-state index contributed by atoms with van der Waals surface area (Å²) in [5.41, 5.74) is 0. The van der Waals surface area contributed by atoms with Crippen LogP contribution in [0, 0.1) is 23.7 Å². The molecule has 0 aromatic rings. The molecule has 3 saturated carbocycles. The average molecular weight is 453 g/mol. The molecule has 0 aromatic heterocycles. The van der Waals surface area contributed by atoms with E-state index in [0.717, 1.165) is 24.7 Å². The van der Waals surface area contributed by atoms with Crippen molar-refractivity contribution in [1.82, 2.24) is 0 Å². The smallest absolute Gasteiger partial charge is 0.309 e. The van der Waals surface area contributed by atoms with Crippen LogP contribution in [0.4, 0.5) is 0 Å². The maximum atomic E-state index is 12.2. The molecule has 3 fully saturated rings. The zero-order chi connectivity index (χ0) is 22.4. The number of carbonyl (C=O) groups is 1. The summed E-state index contributed by atoms with van der Waals surface area (Å²) in [5.74, 6) is 2.40. The van der Waals surface area contributed by atoms with Crippen LogP contribution in [-0.4, -0.2) is 51.7 Å². The fourth-order valence-corrected chi connectivity index (χ4v) is 6.09. The second-order valence-corrected chi connectivity index (χ2v) is 10.4. The highest BCUT2D eigenvalue weighted by atomic mass is 16.6. The second kappa shape index (κ2) is 15.3. The number of carbonyl (C=O) groups excluding carboxylic acids is 1. The fourth-order valence-electron chi connectivity index (χ4n) is 6.09. The van der Waals surface area contributed by atoms with Gasteiger partial charge in [0, 0.05) is 0 Å². The minimum atomic E-state index is -0.0679. The van der Waals surface area contributed by atoms with Crippen LogP contribution in [0.25, 0.3) is 0 Å². The highest BCUT2D eigenvalue weighted by Gasteiger charge is 2.29. The van der Waals surface area contributed by atoms with E-state index in [2.05, 4.69) is 0 Å². The van der Waals surface area contributed by atoms with Crippen LogP contribution in [-0.2, 0) is 23.7 Å². The summed E-state index contributed by atoms with van der Waals surface area (Å²) in [6.45, 7) is 5.18. The molecule has 0 N–H and O–H groups in total. The Hall–Kier alpha value is -0.650. The minimum absolute atomic E-state index is 0.0148. The van der Waals surface area contributed by atoms with E-state index >= 15 is 0 Å². The first kappa shape index (κ1) is 26.0. The van der Waals surface area contributed by atoms with Crippen molar-refractivity contribution in [3.8, 4) is 0 Å². The zero-order valence-electron chi connectivity index (χ0n) is 20.6. The monoisotopic (exact) mass is 452 g/mol. The van der Waals surface area contributed by atoms with Gasteiger partial charge in [0.1, 0.15) is 6.61 Å². The molecule has 0 spiro atoms. The first-order valence-electron chi connectivity index (χ1n) is 13.7. The highest BCUT2D eigenvalue weighted by molar-refractivity contribution is 5.72. The number of esters is 1. The normalized spacial score (nSPS) is 26.7. The molecule has 3 aliphatic carbocycles. The molecule has 186 valence electrons. The fraction of sp³-hybridized carbons (Fsp3) is 0.963. The first-order chi connectivity index (χ1) is 15.7. The lowest BCUT2D eigenvalue weighted by molar-refractivity contribution is -0.152. The lowest BCUT2D eigenvalue weighted by Gasteiger charge is -2.35. The molecular weight excluding hydrogens is 404 g/mol. The molecular formula is C27H48O5. The molecule has 0 saturated heterocycles. The number of ether oxygens (including phenoxy) is 4. The van der Waals surface area contributed by atoms with E-state index in [-0.39, 0.29) is 11.9 Å². The molecule has 0 heterocycles. The zero-order valence-corrected chi connectivity index (χ0v) is 20.6. The van der Waals surface area contributed by atoms with Gasteiger partial charge in [-0.05, 0) is 56.3 Å². The van der Waals surface area contributed by atoms with Gasteiger partial charge in [0.05, 0.1) is 45.1 Å². The van der Waals surface area contributed by atoms with Crippen LogP contribution in [0.3, 0.4) is 0 Å². The molecule has 1 atom stereocenters. The van der Waals surface area contributed by atoms with Crippen LogP contribution in [0.15, 0.2) is 0 Å². The third-order valence-corrected chi connectivity index (χ3v) is 8.19. The largest absolute Gasteiger partial charge is 0.463 e. The van der Waals surface area contributed by atoms with Crippen LogP contribution in [0.2, 0.25) is 0 Å². The van der Waals surface area contributed by atoms with Crippen LogP contribution >= 0.6 is 0 Å². The topological polar surface area (TPSA) is 54.0 Å². The van der Waals surface area contributed by atoms with E-state index in [1.54, 1.807) is 0 Å². The standard InChI is InChI=1S/C27H48O5/c1-22(23-8-4-2-5-9-23)27(28)32-21-19-30-17-16-29-18-20-31-26-14-12-25(13-15-26)24-10-6-3-7-11-24/h22-26H,2-21H2,1H3. The van der Waals surface area contributed by atoms with Crippen molar-refractivity contribution in [2.75, 3.05) is 39.6 Å². The molecule has 32 heavy (non-hydrogen) atoms. The molecule has 5 heteroatoms. The Morgan fingerprint density at radius 2 is 1.19 bits per heavy atom. The van der Waals surface area contributed by atoms with Crippen molar-refractivity contribution in [1.29, 1.82) is 0 Å². The lowest BCUT2D eigenvalue weighted by atomic mass is 9.73. The minimum Gasteiger partial charge on any atom is -0.463 e. The van der Waals surface area contributed by atoms with Crippen molar-refractivity contribution in [3.05, 3.63) is 0 Å². The molecule has 0 radical (unpaired) electrons. The maximum absolute atomic E-state index is 12.2. The molecule has 1 unspecified atom stereocenters. The van der Waals surface area contributed by atoms with Crippen LogP contribution < -0.4 is 0 Å². The van der Waals surface area contributed by atoms with Gasteiger partial charge in [-0.25, -0.2) is 0 Å². The summed E-state index contributed by atoms with van der Waals surface area (Å²) >= 11 is 0. The SMILES string of the molecule is CC(C(=O)OCCOCCOCCOC1CCC(C2CCCCC2)CC1)C1CCCCC1. The summed E-state index contributed by atoms with van der Waals surface area (Å²) in [5, 5.41) is 0. The quantitative estimate of drug-likeness (QED) is 0.256. The summed E-state index contributed by atoms with van der Waals surface area (Å²) in [4.78, 5) is 12.2. The number of rotatable bonds is 13. The molecule has 3 rings (SSSR count). The lowest BCUT2D eigenvalue weighted by Crippen LogP contribution is -2.28. The van der Waals surface area contributed by atoms with E-state index in [1.165, 1.54) is 77.0 Å². The Kier molecular flexibility index (Phi) is 12.4. The van der Waals surface area contributed by atoms with Gasteiger partial charge in [0.25, 0.3) is 0 Å². The summed E-state index contributed by atoms with van der Waals surface area (Å²) < 4.78 is 22.6. The predicted octanol–water partition coefficient (Wildman–Crippen LogP) is 5.93. The number of hydrogen-bond acceptors (Lipinski definition) is 5.